The molecule has 0 saturated carbocycles. The van der Waals surface area contributed by atoms with E-state index < -0.39 is 30.1 Å². The van der Waals surface area contributed by atoms with Crippen molar-refractivity contribution in [3.63, 3.8) is 0 Å². The smallest absolute Gasteiger partial charge is 0.334 e. The van der Waals surface area contributed by atoms with Crippen molar-refractivity contribution < 1.29 is 33.3 Å². The van der Waals surface area contributed by atoms with E-state index in [-0.39, 0.29) is 24.5 Å². The van der Waals surface area contributed by atoms with Gasteiger partial charge in [-0.05, 0) is 42.3 Å². The molecule has 0 radical (unpaired) electrons. The highest BCUT2D eigenvalue weighted by Crippen LogP contribution is 2.33. The molecule has 0 spiro atoms. The van der Waals surface area contributed by atoms with Gasteiger partial charge >= 0.3 is 11.9 Å². The largest absolute Gasteiger partial charge is 0.497 e. The highest BCUT2D eigenvalue weighted by Gasteiger charge is 2.38. The van der Waals surface area contributed by atoms with Crippen molar-refractivity contribution in [1.29, 1.82) is 0 Å². The first-order valence-electron chi connectivity index (χ1n) is 10.4. The van der Waals surface area contributed by atoms with Crippen molar-refractivity contribution in [1.82, 2.24) is 0 Å². The SMILES string of the molecule is C=C(C=O)[C@@H]1[C@@H](OC)CC2=C[C@@H](C/C(C)=C/[C@H]1OC(=O)Cc1ccc(OC)cc1)OC2=O. The van der Waals surface area contributed by atoms with Gasteiger partial charge in [-0.1, -0.05) is 24.3 Å². The van der Waals surface area contributed by atoms with E-state index in [1.54, 1.807) is 43.5 Å². The van der Waals surface area contributed by atoms with Crippen LogP contribution in [0.1, 0.15) is 25.3 Å². The summed E-state index contributed by atoms with van der Waals surface area (Å²) in [4.78, 5) is 36.7. The van der Waals surface area contributed by atoms with E-state index in [1.165, 1.54) is 7.11 Å². The number of fused-ring (bicyclic) bond motifs is 1. The number of methoxy groups -OCH3 is 2. The maximum atomic E-state index is 12.8. The average molecular weight is 440 g/mol. The number of hydrogen-bond donors (Lipinski definition) is 0. The molecule has 2 aliphatic rings. The molecule has 1 aromatic rings. The Balaban J connectivity index is 1.88. The maximum absolute atomic E-state index is 12.8. The van der Waals surface area contributed by atoms with Crippen LogP contribution in [0.4, 0.5) is 0 Å². The molecule has 0 amide bonds. The summed E-state index contributed by atoms with van der Waals surface area (Å²) in [5, 5.41) is 0. The van der Waals surface area contributed by atoms with Gasteiger partial charge in [-0.15, -0.1) is 0 Å². The number of carbonyl (C=O) groups excluding carboxylic acids is 3. The molecule has 0 fully saturated rings. The van der Waals surface area contributed by atoms with Crippen LogP contribution in [0.15, 0.2) is 59.7 Å². The Morgan fingerprint density at radius 3 is 2.53 bits per heavy atom. The zero-order valence-electron chi connectivity index (χ0n) is 18.5. The van der Waals surface area contributed by atoms with Crippen molar-refractivity contribution in [3.05, 3.63) is 65.3 Å². The van der Waals surface area contributed by atoms with E-state index in [2.05, 4.69) is 6.58 Å². The van der Waals surface area contributed by atoms with Crippen molar-refractivity contribution in [2.24, 2.45) is 5.92 Å². The van der Waals surface area contributed by atoms with Crippen LogP contribution in [0.2, 0.25) is 0 Å². The van der Waals surface area contributed by atoms with Crippen LogP contribution in [0.25, 0.3) is 0 Å². The van der Waals surface area contributed by atoms with Crippen LogP contribution < -0.4 is 4.74 Å². The Bertz CT molecular complexity index is 942. The van der Waals surface area contributed by atoms with Crippen molar-refractivity contribution in [3.8, 4) is 5.75 Å². The summed E-state index contributed by atoms with van der Waals surface area (Å²) in [5.74, 6) is -0.804. The maximum Gasteiger partial charge on any atom is 0.334 e. The molecule has 1 aliphatic heterocycles. The lowest BCUT2D eigenvalue weighted by atomic mass is 9.84. The number of esters is 2. The van der Waals surface area contributed by atoms with Crippen LogP contribution in [-0.4, -0.2) is 50.8 Å². The van der Waals surface area contributed by atoms with Crippen LogP contribution in [0.3, 0.4) is 0 Å². The van der Waals surface area contributed by atoms with Crippen molar-refractivity contribution in [2.75, 3.05) is 14.2 Å². The molecule has 7 nitrogen and oxygen atoms in total. The number of rotatable bonds is 7. The third-order valence-electron chi connectivity index (χ3n) is 5.71. The fourth-order valence-corrected chi connectivity index (χ4v) is 4.09. The quantitative estimate of drug-likeness (QED) is 0.279. The monoisotopic (exact) mass is 440 g/mol. The molecule has 1 aliphatic carbocycles. The molecule has 1 aromatic carbocycles. The summed E-state index contributed by atoms with van der Waals surface area (Å²) >= 11 is 0. The molecule has 32 heavy (non-hydrogen) atoms. The van der Waals surface area contributed by atoms with Gasteiger partial charge in [-0.2, -0.15) is 0 Å². The second-order valence-electron chi connectivity index (χ2n) is 8.03. The molecular formula is C25H28O7. The van der Waals surface area contributed by atoms with E-state index in [0.29, 0.717) is 24.0 Å². The van der Waals surface area contributed by atoms with Gasteiger partial charge in [0, 0.05) is 25.5 Å². The van der Waals surface area contributed by atoms with E-state index in [0.717, 1.165) is 11.1 Å². The molecule has 2 bridgehead atoms. The number of benzene rings is 1. The molecule has 0 unspecified atom stereocenters. The Morgan fingerprint density at radius 2 is 1.91 bits per heavy atom. The average Bonchev–Trinajstić information content (AvgIpc) is 3.10. The second-order valence-corrected chi connectivity index (χ2v) is 8.03. The molecule has 4 atom stereocenters. The Hall–Kier alpha value is -3.19. The zero-order valence-corrected chi connectivity index (χ0v) is 18.5. The summed E-state index contributed by atoms with van der Waals surface area (Å²) in [5.41, 5.74) is 2.35. The first-order valence-corrected chi connectivity index (χ1v) is 10.4. The van der Waals surface area contributed by atoms with Gasteiger partial charge in [-0.25, -0.2) is 4.79 Å². The third kappa shape index (κ3) is 5.53. The topological polar surface area (TPSA) is 88.1 Å². The number of carbonyl (C=O) groups is 3. The standard InChI is InChI=1S/C25H28O7/c1-15-9-20-12-18(25(28)31-20)13-21(30-4)24(16(2)14-26)22(10-15)32-23(27)11-17-5-7-19(29-3)8-6-17/h5-8,10,12,14,20-22,24H,2,9,11,13H2,1,3-4H3/b15-10+/t20-,21+,22-,24-/m1/s1. The molecule has 3 rings (SSSR count). The van der Waals surface area contributed by atoms with Gasteiger partial charge in [0.1, 0.15) is 24.2 Å². The first kappa shape index (κ1) is 23.5. The minimum atomic E-state index is -0.781. The Labute approximate surface area is 187 Å². The van der Waals surface area contributed by atoms with Crippen LogP contribution in [-0.2, 0) is 35.0 Å². The Morgan fingerprint density at radius 1 is 1.19 bits per heavy atom. The summed E-state index contributed by atoms with van der Waals surface area (Å²) in [7, 11) is 3.07. The van der Waals surface area contributed by atoms with E-state index >= 15 is 0 Å². The second kappa shape index (κ2) is 10.4. The normalized spacial score (nSPS) is 26.8. The van der Waals surface area contributed by atoms with Crippen LogP contribution >= 0.6 is 0 Å². The van der Waals surface area contributed by atoms with Crippen LogP contribution in [0.5, 0.6) is 5.75 Å². The van der Waals surface area contributed by atoms with Gasteiger partial charge in [-0.3, -0.25) is 9.59 Å². The lowest BCUT2D eigenvalue weighted by Crippen LogP contribution is -2.38. The predicted molar refractivity (Wildman–Crippen MR) is 117 cm³/mol. The lowest BCUT2D eigenvalue weighted by Gasteiger charge is -2.32. The highest BCUT2D eigenvalue weighted by atomic mass is 16.6. The summed E-state index contributed by atoms with van der Waals surface area (Å²) < 4.78 is 22.1. The third-order valence-corrected chi connectivity index (χ3v) is 5.71. The molecule has 7 heteroatoms. The number of aldehydes is 1. The fourth-order valence-electron chi connectivity index (χ4n) is 4.09. The number of hydrogen-bond acceptors (Lipinski definition) is 7. The van der Waals surface area contributed by atoms with Gasteiger partial charge in [0.05, 0.1) is 25.6 Å². The van der Waals surface area contributed by atoms with Crippen LogP contribution in [0, 0.1) is 5.92 Å². The number of ether oxygens (including phenoxy) is 4. The van der Waals surface area contributed by atoms with Gasteiger partial charge in [0.15, 0.2) is 0 Å². The first-order chi connectivity index (χ1) is 15.3. The molecule has 0 aromatic heterocycles. The minimum absolute atomic E-state index is 0.0562. The van der Waals surface area contributed by atoms with E-state index in [4.69, 9.17) is 18.9 Å². The van der Waals surface area contributed by atoms with Crippen molar-refractivity contribution >= 4 is 18.2 Å². The summed E-state index contributed by atoms with van der Waals surface area (Å²) in [6.07, 6.45) is 3.23. The molecule has 0 N–H and O–H groups in total. The Kier molecular flexibility index (Phi) is 7.64. The van der Waals surface area contributed by atoms with E-state index in [9.17, 15) is 14.4 Å². The molecule has 170 valence electrons. The molecule has 0 saturated heterocycles. The van der Waals surface area contributed by atoms with Crippen molar-refractivity contribution in [2.45, 2.75) is 44.5 Å². The summed E-state index contributed by atoms with van der Waals surface area (Å²) in [6.45, 7) is 5.74. The molecular weight excluding hydrogens is 412 g/mol. The predicted octanol–water partition coefficient (Wildman–Crippen LogP) is 3.13. The zero-order chi connectivity index (χ0) is 23.3. The minimum Gasteiger partial charge on any atom is -0.497 e. The van der Waals surface area contributed by atoms with E-state index in [1.807, 2.05) is 6.92 Å². The fraction of sp³-hybridized carbons (Fsp3) is 0.400. The molecule has 1 heterocycles. The van der Waals surface area contributed by atoms with Gasteiger partial charge in [0.25, 0.3) is 0 Å². The van der Waals surface area contributed by atoms with Gasteiger partial charge < -0.3 is 18.9 Å². The summed E-state index contributed by atoms with van der Waals surface area (Å²) in [6, 6.07) is 7.13. The van der Waals surface area contributed by atoms with Gasteiger partial charge in [0.2, 0.25) is 0 Å². The lowest BCUT2D eigenvalue weighted by molar-refractivity contribution is -0.150. The highest BCUT2D eigenvalue weighted by molar-refractivity contribution is 5.91.